The fourth-order valence-corrected chi connectivity index (χ4v) is 2.11. The SMILES string of the molecule is COc1ccc(OC)c(NC(=O)C(=O)NN=Cc2ccc(OCC(N)=O)cc2)c1. The third kappa shape index (κ3) is 6.54. The molecule has 0 atom stereocenters. The van der Waals surface area contributed by atoms with Gasteiger partial charge in [-0.2, -0.15) is 5.10 Å². The Morgan fingerprint density at radius 2 is 1.69 bits per heavy atom. The van der Waals surface area contributed by atoms with Gasteiger partial charge in [0.05, 0.1) is 26.1 Å². The van der Waals surface area contributed by atoms with Gasteiger partial charge in [0.1, 0.15) is 17.2 Å². The van der Waals surface area contributed by atoms with Gasteiger partial charge in [0, 0.05) is 6.07 Å². The number of methoxy groups -OCH3 is 2. The first-order valence-electron chi connectivity index (χ1n) is 8.30. The molecular formula is C19H20N4O6. The number of primary amides is 1. The Hall–Kier alpha value is -4.08. The lowest BCUT2D eigenvalue weighted by atomic mass is 10.2. The van der Waals surface area contributed by atoms with Crippen LogP contribution in [0.25, 0.3) is 0 Å². The Bertz CT molecular complexity index is 911. The molecule has 2 aromatic rings. The molecule has 0 spiro atoms. The highest BCUT2D eigenvalue weighted by atomic mass is 16.5. The zero-order valence-corrected chi connectivity index (χ0v) is 15.8. The summed E-state index contributed by atoms with van der Waals surface area (Å²) in [6.45, 7) is -0.226. The van der Waals surface area contributed by atoms with Crippen molar-refractivity contribution in [2.24, 2.45) is 10.8 Å². The van der Waals surface area contributed by atoms with Crippen LogP contribution in [0.5, 0.6) is 17.2 Å². The number of nitrogens with two attached hydrogens (primary N) is 1. The van der Waals surface area contributed by atoms with Gasteiger partial charge in [-0.25, -0.2) is 5.43 Å². The number of anilines is 1. The standard InChI is InChI=1S/C19H20N4O6/c1-27-14-7-8-16(28-2)15(9-14)22-18(25)19(26)23-21-10-12-3-5-13(6-4-12)29-11-17(20)24/h3-10H,11H2,1-2H3,(H2,20,24)(H,22,25)(H,23,26). The number of ether oxygens (including phenoxy) is 3. The number of amides is 3. The van der Waals surface area contributed by atoms with Crippen molar-refractivity contribution in [3.63, 3.8) is 0 Å². The van der Waals surface area contributed by atoms with E-state index in [0.29, 0.717) is 22.8 Å². The van der Waals surface area contributed by atoms with Gasteiger partial charge in [0.25, 0.3) is 5.91 Å². The molecule has 2 rings (SSSR count). The lowest BCUT2D eigenvalue weighted by molar-refractivity contribution is -0.136. The maximum atomic E-state index is 12.0. The molecular weight excluding hydrogens is 380 g/mol. The quantitative estimate of drug-likeness (QED) is 0.338. The fourth-order valence-electron chi connectivity index (χ4n) is 2.11. The topological polar surface area (TPSA) is 141 Å². The molecule has 0 radical (unpaired) electrons. The van der Waals surface area contributed by atoms with E-state index >= 15 is 0 Å². The van der Waals surface area contributed by atoms with E-state index in [-0.39, 0.29) is 12.3 Å². The van der Waals surface area contributed by atoms with Gasteiger partial charge in [-0.05, 0) is 42.0 Å². The Labute approximate surface area is 166 Å². The summed E-state index contributed by atoms with van der Waals surface area (Å²) < 4.78 is 15.3. The van der Waals surface area contributed by atoms with Gasteiger partial charge in [0.15, 0.2) is 6.61 Å². The van der Waals surface area contributed by atoms with E-state index < -0.39 is 17.7 Å². The number of benzene rings is 2. The smallest absolute Gasteiger partial charge is 0.329 e. The van der Waals surface area contributed by atoms with Crippen molar-refractivity contribution < 1.29 is 28.6 Å². The average Bonchev–Trinajstić information content (AvgIpc) is 2.72. The molecule has 3 amide bonds. The Balaban J connectivity index is 1.91. The van der Waals surface area contributed by atoms with E-state index in [0.717, 1.165) is 0 Å². The van der Waals surface area contributed by atoms with Crippen LogP contribution in [0.3, 0.4) is 0 Å². The highest BCUT2D eigenvalue weighted by molar-refractivity contribution is 6.39. The van der Waals surface area contributed by atoms with Crippen molar-refractivity contribution in [2.45, 2.75) is 0 Å². The van der Waals surface area contributed by atoms with Crippen LogP contribution in [0.1, 0.15) is 5.56 Å². The molecule has 0 aliphatic rings. The normalized spacial score (nSPS) is 10.3. The van der Waals surface area contributed by atoms with E-state index in [2.05, 4.69) is 15.8 Å². The van der Waals surface area contributed by atoms with Crippen molar-refractivity contribution in [3.05, 3.63) is 48.0 Å². The van der Waals surface area contributed by atoms with Crippen LogP contribution >= 0.6 is 0 Å². The highest BCUT2D eigenvalue weighted by Gasteiger charge is 2.16. The van der Waals surface area contributed by atoms with Gasteiger partial charge in [-0.1, -0.05) is 0 Å². The average molecular weight is 400 g/mol. The second-order valence-electron chi connectivity index (χ2n) is 5.54. The predicted octanol–water partition coefficient (Wildman–Crippen LogP) is 0.657. The summed E-state index contributed by atoms with van der Waals surface area (Å²) in [4.78, 5) is 34.6. The lowest BCUT2D eigenvalue weighted by Crippen LogP contribution is -2.32. The largest absolute Gasteiger partial charge is 0.497 e. The third-order valence-corrected chi connectivity index (χ3v) is 3.50. The van der Waals surface area contributed by atoms with Crippen molar-refractivity contribution in [3.8, 4) is 17.2 Å². The first-order valence-corrected chi connectivity index (χ1v) is 8.30. The number of hydrogen-bond donors (Lipinski definition) is 3. The van der Waals surface area contributed by atoms with Crippen molar-refractivity contribution in [1.29, 1.82) is 0 Å². The second kappa shape index (κ2) is 10.3. The van der Waals surface area contributed by atoms with Crippen LogP contribution < -0.4 is 30.7 Å². The molecule has 0 unspecified atom stereocenters. The van der Waals surface area contributed by atoms with Gasteiger partial charge >= 0.3 is 11.8 Å². The maximum Gasteiger partial charge on any atom is 0.329 e. The van der Waals surface area contributed by atoms with E-state index in [1.165, 1.54) is 26.5 Å². The molecule has 0 bridgehead atoms. The maximum absolute atomic E-state index is 12.0. The Morgan fingerprint density at radius 1 is 1.00 bits per heavy atom. The molecule has 0 fully saturated rings. The molecule has 10 heteroatoms. The van der Waals surface area contributed by atoms with Crippen molar-refractivity contribution in [1.82, 2.24) is 5.43 Å². The molecule has 0 aromatic heterocycles. The van der Waals surface area contributed by atoms with Crippen LogP contribution in [-0.4, -0.2) is 44.8 Å². The zero-order valence-electron chi connectivity index (χ0n) is 15.8. The number of carbonyl (C=O) groups excluding carboxylic acids is 3. The zero-order chi connectivity index (χ0) is 21.2. The Kier molecular flexibility index (Phi) is 7.54. The summed E-state index contributed by atoms with van der Waals surface area (Å²) in [5.41, 5.74) is 8.03. The number of nitrogens with one attached hydrogen (secondary N) is 2. The van der Waals surface area contributed by atoms with E-state index in [9.17, 15) is 14.4 Å². The minimum atomic E-state index is -0.965. The fraction of sp³-hybridized carbons (Fsp3) is 0.158. The number of carbonyl (C=O) groups is 3. The van der Waals surface area contributed by atoms with Gasteiger partial charge < -0.3 is 25.3 Å². The monoisotopic (exact) mass is 400 g/mol. The third-order valence-electron chi connectivity index (χ3n) is 3.50. The number of hydrazone groups is 1. The van der Waals surface area contributed by atoms with Gasteiger partial charge in [0.2, 0.25) is 0 Å². The molecule has 29 heavy (non-hydrogen) atoms. The molecule has 0 saturated heterocycles. The minimum absolute atomic E-state index is 0.226. The first-order chi connectivity index (χ1) is 13.9. The lowest BCUT2D eigenvalue weighted by Gasteiger charge is -2.11. The number of rotatable bonds is 8. The molecule has 0 saturated carbocycles. The highest BCUT2D eigenvalue weighted by Crippen LogP contribution is 2.28. The van der Waals surface area contributed by atoms with E-state index in [1.54, 1.807) is 36.4 Å². The van der Waals surface area contributed by atoms with Gasteiger partial charge in [-0.15, -0.1) is 0 Å². The molecule has 0 aliphatic carbocycles. The van der Waals surface area contributed by atoms with E-state index in [1.807, 2.05) is 0 Å². The summed E-state index contributed by atoms with van der Waals surface area (Å²) in [6.07, 6.45) is 1.34. The van der Waals surface area contributed by atoms with Crippen LogP contribution in [0.4, 0.5) is 5.69 Å². The first kappa shape index (κ1) is 21.2. The van der Waals surface area contributed by atoms with E-state index in [4.69, 9.17) is 19.9 Å². The number of hydrogen-bond acceptors (Lipinski definition) is 7. The molecule has 0 heterocycles. The summed E-state index contributed by atoms with van der Waals surface area (Å²) in [5.74, 6) is -1.16. The summed E-state index contributed by atoms with van der Waals surface area (Å²) in [6, 6.07) is 11.3. The van der Waals surface area contributed by atoms with Crippen LogP contribution in [0, 0.1) is 0 Å². The number of nitrogens with zero attached hydrogens (tertiary/aromatic N) is 1. The van der Waals surface area contributed by atoms with Crippen molar-refractivity contribution in [2.75, 3.05) is 26.1 Å². The molecule has 0 aliphatic heterocycles. The van der Waals surface area contributed by atoms with Crippen LogP contribution in [0.2, 0.25) is 0 Å². The minimum Gasteiger partial charge on any atom is -0.497 e. The van der Waals surface area contributed by atoms with Crippen molar-refractivity contribution >= 4 is 29.6 Å². The molecule has 10 nitrogen and oxygen atoms in total. The van der Waals surface area contributed by atoms with Gasteiger partial charge in [-0.3, -0.25) is 14.4 Å². The summed E-state index contributed by atoms with van der Waals surface area (Å²) >= 11 is 0. The second-order valence-corrected chi connectivity index (χ2v) is 5.54. The molecule has 2 aromatic carbocycles. The Morgan fingerprint density at radius 3 is 2.31 bits per heavy atom. The molecule has 4 N–H and O–H groups in total. The summed E-state index contributed by atoms with van der Waals surface area (Å²) in [5, 5.41) is 6.16. The van der Waals surface area contributed by atoms with Crippen LogP contribution in [0.15, 0.2) is 47.6 Å². The summed E-state index contributed by atoms with van der Waals surface area (Å²) in [7, 11) is 2.91. The van der Waals surface area contributed by atoms with Crippen LogP contribution in [-0.2, 0) is 14.4 Å². The predicted molar refractivity (Wildman–Crippen MR) is 105 cm³/mol. The molecule has 152 valence electrons.